The van der Waals surface area contributed by atoms with E-state index in [1.54, 1.807) is 24.3 Å². The van der Waals surface area contributed by atoms with E-state index in [1.807, 2.05) is 24.3 Å². The second-order valence-corrected chi connectivity index (χ2v) is 4.18. The fourth-order valence-corrected chi connectivity index (χ4v) is 1.86. The van der Waals surface area contributed by atoms with Crippen molar-refractivity contribution in [3.8, 4) is 16.9 Å². The van der Waals surface area contributed by atoms with E-state index in [4.69, 9.17) is 15.4 Å². The maximum Gasteiger partial charge on any atom is 0.335 e. The van der Waals surface area contributed by atoms with E-state index < -0.39 is 5.97 Å². The standard InChI is InChI=1S/C15H13N3O3/c16-18-17-9-10-21-14-4-2-1-3-13(14)11-5-7-12(8-6-11)15(19)20/h1-8H,9-10H2,(H,19,20). The first kappa shape index (κ1) is 14.4. The number of aromatic carboxylic acids is 1. The molecule has 0 atom stereocenters. The fraction of sp³-hybridized carbons (Fsp3) is 0.133. The molecule has 0 fully saturated rings. The molecule has 6 nitrogen and oxygen atoms in total. The van der Waals surface area contributed by atoms with Gasteiger partial charge in [-0.05, 0) is 29.3 Å². The van der Waals surface area contributed by atoms with Gasteiger partial charge in [0.1, 0.15) is 5.75 Å². The van der Waals surface area contributed by atoms with Crippen LogP contribution in [0.4, 0.5) is 0 Å². The van der Waals surface area contributed by atoms with Gasteiger partial charge in [-0.15, -0.1) is 0 Å². The summed E-state index contributed by atoms with van der Waals surface area (Å²) < 4.78 is 5.59. The number of hydrogen-bond donors (Lipinski definition) is 1. The molecule has 2 rings (SSSR count). The molecular weight excluding hydrogens is 270 g/mol. The molecule has 0 saturated carbocycles. The normalized spacial score (nSPS) is 9.71. The van der Waals surface area contributed by atoms with Gasteiger partial charge in [0.05, 0.1) is 18.7 Å². The van der Waals surface area contributed by atoms with Crippen molar-refractivity contribution in [3.05, 3.63) is 64.5 Å². The summed E-state index contributed by atoms with van der Waals surface area (Å²) in [6, 6.07) is 14.0. The highest BCUT2D eigenvalue weighted by molar-refractivity contribution is 5.88. The van der Waals surface area contributed by atoms with E-state index in [0.29, 0.717) is 5.75 Å². The third-order valence-corrected chi connectivity index (χ3v) is 2.84. The van der Waals surface area contributed by atoms with E-state index in [1.165, 1.54) is 0 Å². The summed E-state index contributed by atoms with van der Waals surface area (Å²) in [4.78, 5) is 13.5. The van der Waals surface area contributed by atoms with Crippen molar-refractivity contribution in [3.63, 3.8) is 0 Å². The summed E-state index contributed by atoms with van der Waals surface area (Å²) in [7, 11) is 0. The van der Waals surface area contributed by atoms with Crippen LogP contribution in [0.15, 0.2) is 53.6 Å². The predicted molar refractivity (Wildman–Crippen MR) is 78.3 cm³/mol. The first-order valence-electron chi connectivity index (χ1n) is 6.29. The van der Waals surface area contributed by atoms with Crippen molar-refractivity contribution < 1.29 is 14.6 Å². The largest absolute Gasteiger partial charge is 0.493 e. The van der Waals surface area contributed by atoms with Crippen molar-refractivity contribution in [2.75, 3.05) is 13.2 Å². The molecule has 0 aliphatic heterocycles. The molecule has 1 N–H and O–H groups in total. The van der Waals surface area contributed by atoms with E-state index in [9.17, 15) is 4.79 Å². The molecule has 0 aromatic heterocycles. The molecule has 0 spiro atoms. The summed E-state index contributed by atoms with van der Waals surface area (Å²) in [5.74, 6) is -0.297. The summed E-state index contributed by atoms with van der Waals surface area (Å²) in [6.45, 7) is 0.539. The van der Waals surface area contributed by atoms with Crippen LogP contribution >= 0.6 is 0 Å². The Bertz CT molecular complexity index is 677. The van der Waals surface area contributed by atoms with Gasteiger partial charge in [-0.25, -0.2) is 4.79 Å². The zero-order chi connectivity index (χ0) is 15.1. The molecule has 0 bridgehead atoms. The zero-order valence-electron chi connectivity index (χ0n) is 11.1. The lowest BCUT2D eigenvalue weighted by atomic mass is 10.0. The molecule has 0 unspecified atom stereocenters. The van der Waals surface area contributed by atoms with Gasteiger partial charge >= 0.3 is 5.97 Å². The number of para-hydroxylation sites is 1. The Hall–Kier alpha value is -2.98. The van der Waals surface area contributed by atoms with Crippen LogP contribution in [-0.2, 0) is 0 Å². The van der Waals surface area contributed by atoms with Gasteiger partial charge in [0.15, 0.2) is 0 Å². The highest BCUT2D eigenvalue weighted by Crippen LogP contribution is 2.29. The van der Waals surface area contributed by atoms with Crippen LogP contribution in [0.3, 0.4) is 0 Å². The molecule has 21 heavy (non-hydrogen) atoms. The Morgan fingerprint density at radius 2 is 1.90 bits per heavy atom. The minimum absolute atomic E-state index is 0.237. The monoisotopic (exact) mass is 283 g/mol. The van der Waals surface area contributed by atoms with E-state index in [2.05, 4.69) is 10.0 Å². The Balaban J connectivity index is 2.22. The van der Waals surface area contributed by atoms with Crippen LogP contribution in [-0.4, -0.2) is 24.2 Å². The average Bonchev–Trinajstić information content (AvgIpc) is 2.52. The van der Waals surface area contributed by atoms with Gasteiger partial charge in [-0.2, -0.15) is 0 Å². The van der Waals surface area contributed by atoms with Gasteiger partial charge in [0, 0.05) is 10.5 Å². The number of hydrogen-bond acceptors (Lipinski definition) is 3. The molecule has 0 aliphatic rings. The molecule has 106 valence electrons. The number of carboxylic acids is 1. The third kappa shape index (κ3) is 3.75. The van der Waals surface area contributed by atoms with Crippen molar-refractivity contribution in [1.29, 1.82) is 0 Å². The molecule has 0 saturated heterocycles. The molecule has 0 aliphatic carbocycles. The summed E-state index contributed by atoms with van der Waals surface area (Å²) in [5.41, 5.74) is 10.2. The minimum atomic E-state index is -0.958. The molecule has 0 radical (unpaired) electrons. The Labute approximate surface area is 121 Å². The number of carboxylic acid groups (broad SMARTS) is 1. The number of benzene rings is 2. The Kier molecular flexibility index (Phi) is 4.79. The molecule has 2 aromatic rings. The SMILES string of the molecule is [N-]=[N+]=NCCOc1ccccc1-c1ccc(C(=O)O)cc1. The predicted octanol–water partition coefficient (Wildman–Crippen LogP) is 3.74. The van der Waals surface area contributed by atoms with Gasteiger partial charge in [0.2, 0.25) is 0 Å². The van der Waals surface area contributed by atoms with Gasteiger partial charge < -0.3 is 9.84 Å². The molecule has 0 amide bonds. The topological polar surface area (TPSA) is 95.3 Å². The van der Waals surface area contributed by atoms with Crippen molar-refractivity contribution in [1.82, 2.24) is 0 Å². The number of rotatable bonds is 6. The van der Waals surface area contributed by atoms with Crippen LogP contribution in [0.2, 0.25) is 0 Å². The maximum absolute atomic E-state index is 10.9. The van der Waals surface area contributed by atoms with Crippen LogP contribution in [0.25, 0.3) is 21.6 Å². The molecule has 2 aromatic carbocycles. The van der Waals surface area contributed by atoms with Crippen molar-refractivity contribution in [2.24, 2.45) is 5.11 Å². The average molecular weight is 283 g/mol. The second-order valence-electron chi connectivity index (χ2n) is 4.18. The van der Waals surface area contributed by atoms with Crippen LogP contribution in [0, 0.1) is 0 Å². The van der Waals surface area contributed by atoms with E-state index >= 15 is 0 Å². The smallest absolute Gasteiger partial charge is 0.335 e. The first-order chi connectivity index (χ1) is 10.2. The summed E-state index contributed by atoms with van der Waals surface area (Å²) >= 11 is 0. The molecule has 6 heteroatoms. The van der Waals surface area contributed by atoms with Gasteiger partial charge in [0.25, 0.3) is 0 Å². The van der Waals surface area contributed by atoms with E-state index in [0.717, 1.165) is 11.1 Å². The third-order valence-electron chi connectivity index (χ3n) is 2.84. The summed E-state index contributed by atoms with van der Waals surface area (Å²) in [5, 5.41) is 12.3. The molecular formula is C15H13N3O3. The number of azide groups is 1. The van der Waals surface area contributed by atoms with Crippen molar-refractivity contribution in [2.45, 2.75) is 0 Å². The lowest BCUT2D eigenvalue weighted by Gasteiger charge is -2.11. The fourth-order valence-electron chi connectivity index (χ4n) is 1.86. The Morgan fingerprint density at radius 1 is 1.19 bits per heavy atom. The van der Waals surface area contributed by atoms with Crippen LogP contribution in [0.1, 0.15) is 10.4 Å². The highest BCUT2D eigenvalue weighted by atomic mass is 16.5. The summed E-state index contributed by atoms with van der Waals surface area (Å²) in [6.07, 6.45) is 0. The number of nitrogens with zero attached hydrogens (tertiary/aromatic N) is 3. The number of ether oxygens (including phenoxy) is 1. The minimum Gasteiger partial charge on any atom is -0.493 e. The van der Waals surface area contributed by atoms with Gasteiger partial charge in [-0.3, -0.25) is 0 Å². The lowest BCUT2D eigenvalue weighted by Crippen LogP contribution is -2.01. The highest BCUT2D eigenvalue weighted by Gasteiger charge is 2.07. The Morgan fingerprint density at radius 3 is 2.57 bits per heavy atom. The van der Waals surface area contributed by atoms with Crippen LogP contribution in [0.5, 0.6) is 5.75 Å². The van der Waals surface area contributed by atoms with E-state index in [-0.39, 0.29) is 18.7 Å². The molecule has 0 heterocycles. The first-order valence-corrected chi connectivity index (χ1v) is 6.29. The maximum atomic E-state index is 10.9. The quantitative estimate of drug-likeness (QED) is 0.378. The lowest BCUT2D eigenvalue weighted by molar-refractivity contribution is 0.0697. The second kappa shape index (κ2) is 6.98. The van der Waals surface area contributed by atoms with Crippen LogP contribution < -0.4 is 4.74 Å². The number of carbonyl (C=O) groups is 1. The van der Waals surface area contributed by atoms with Gasteiger partial charge in [-0.1, -0.05) is 35.4 Å². The van der Waals surface area contributed by atoms with Crippen molar-refractivity contribution >= 4 is 5.97 Å². The zero-order valence-corrected chi connectivity index (χ0v) is 11.1.